The molecule has 0 aliphatic carbocycles. The fourth-order valence-electron chi connectivity index (χ4n) is 2.60. The average molecular weight is 416 g/mol. The van der Waals surface area contributed by atoms with Gasteiger partial charge in [0, 0.05) is 16.1 Å². The smallest absolute Gasteiger partial charge is 0.225 e. The molecule has 140 valence electrons. The molecule has 0 amide bonds. The molecule has 0 aliphatic rings. The first kappa shape index (κ1) is 19.3. The van der Waals surface area contributed by atoms with Crippen LogP contribution in [-0.4, -0.2) is 8.42 Å². The normalized spacial score (nSPS) is 11.6. The molecular weight excluding hydrogens is 406 g/mol. The second-order valence-electron chi connectivity index (χ2n) is 5.58. The molecule has 3 aromatic carbocycles. The van der Waals surface area contributed by atoms with Crippen LogP contribution in [-0.2, 0) is 10.0 Å². The van der Waals surface area contributed by atoms with Gasteiger partial charge in [-0.25, -0.2) is 31.1 Å². The summed E-state index contributed by atoms with van der Waals surface area (Å²) in [5, 5.41) is 5.30. The van der Waals surface area contributed by atoms with Gasteiger partial charge in [0.15, 0.2) is 23.3 Å². The minimum atomic E-state index is -4.02. The lowest BCUT2D eigenvalue weighted by Gasteiger charge is -2.15. The second-order valence-corrected chi connectivity index (χ2v) is 7.58. The Kier molecular flexibility index (Phi) is 4.98. The number of hydrogen-bond donors (Lipinski definition) is 1. The van der Waals surface area contributed by atoms with Gasteiger partial charge in [0.05, 0.1) is 4.90 Å². The molecule has 0 atom stereocenters. The van der Waals surface area contributed by atoms with Crippen molar-refractivity contribution in [3.63, 3.8) is 0 Å². The predicted octanol–water partition coefficient (Wildman–Crippen LogP) is 4.88. The van der Waals surface area contributed by atoms with Crippen molar-refractivity contribution in [2.45, 2.75) is 4.90 Å². The Morgan fingerprint density at radius 3 is 1.41 bits per heavy atom. The highest BCUT2D eigenvalue weighted by atomic mass is 35.5. The van der Waals surface area contributed by atoms with Gasteiger partial charge in [-0.15, -0.1) is 0 Å². The minimum absolute atomic E-state index is 0.0558. The van der Waals surface area contributed by atoms with E-state index >= 15 is 0 Å². The van der Waals surface area contributed by atoms with E-state index in [1.54, 1.807) is 0 Å². The Balaban J connectivity index is 2.33. The standard InChI is InChI=1S/C18H10ClF4NO2S/c19-11-5-1-9(2-6-11)13-14(16(21)18(23)17(22)15(13)20)10-3-7-12(8-4-10)27(24,25)26/h1-8H,(H2,24,25,26). The van der Waals surface area contributed by atoms with Crippen LogP contribution >= 0.6 is 11.6 Å². The Bertz CT molecular complexity index is 1130. The van der Waals surface area contributed by atoms with Gasteiger partial charge in [0.1, 0.15) is 0 Å². The number of sulfonamides is 1. The van der Waals surface area contributed by atoms with Crippen molar-refractivity contribution in [1.82, 2.24) is 0 Å². The highest BCUT2D eigenvalue weighted by Crippen LogP contribution is 2.39. The van der Waals surface area contributed by atoms with E-state index in [1.165, 1.54) is 24.3 Å². The summed E-state index contributed by atoms with van der Waals surface area (Å²) >= 11 is 5.77. The van der Waals surface area contributed by atoms with Crippen molar-refractivity contribution in [2.24, 2.45) is 5.14 Å². The molecule has 0 fully saturated rings. The van der Waals surface area contributed by atoms with Crippen LogP contribution in [0, 0.1) is 23.3 Å². The van der Waals surface area contributed by atoms with E-state index < -0.39 is 44.4 Å². The average Bonchev–Trinajstić information content (AvgIpc) is 2.63. The third-order valence-electron chi connectivity index (χ3n) is 3.87. The molecule has 0 aromatic heterocycles. The maximum Gasteiger partial charge on any atom is 0.238 e. The molecule has 0 aliphatic heterocycles. The predicted molar refractivity (Wildman–Crippen MR) is 93.5 cm³/mol. The lowest BCUT2D eigenvalue weighted by atomic mass is 9.93. The van der Waals surface area contributed by atoms with E-state index in [1.807, 2.05) is 0 Å². The lowest BCUT2D eigenvalue weighted by Crippen LogP contribution is -2.11. The molecule has 3 aromatic rings. The van der Waals surface area contributed by atoms with Crippen LogP contribution in [0.5, 0.6) is 0 Å². The molecule has 0 spiro atoms. The quantitative estimate of drug-likeness (QED) is 0.376. The largest absolute Gasteiger partial charge is 0.238 e. The van der Waals surface area contributed by atoms with Gasteiger partial charge in [-0.3, -0.25) is 0 Å². The summed E-state index contributed by atoms with van der Waals surface area (Å²) in [5.74, 6) is -7.12. The molecule has 3 rings (SSSR count). The molecule has 3 nitrogen and oxygen atoms in total. The van der Waals surface area contributed by atoms with Gasteiger partial charge in [0.2, 0.25) is 10.0 Å². The molecule has 9 heteroatoms. The van der Waals surface area contributed by atoms with Crippen LogP contribution in [0.2, 0.25) is 5.02 Å². The third kappa shape index (κ3) is 3.55. The first-order valence-electron chi connectivity index (χ1n) is 7.36. The maximum atomic E-state index is 14.5. The fourth-order valence-corrected chi connectivity index (χ4v) is 3.24. The van der Waals surface area contributed by atoms with E-state index in [4.69, 9.17) is 16.7 Å². The molecular formula is C18H10ClF4NO2S. The van der Waals surface area contributed by atoms with Gasteiger partial charge < -0.3 is 0 Å². The number of halogens is 5. The number of nitrogens with two attached hydrogens (primary N) is 1. The van der Waals surface area contributed by atoms with Crippen molar-refractivity contribution < 1.29 is 26.0 Å². The summed E-state index contributed by atoms with van der Waals surface area (Å²) < 4.78 is 79.4. The monoisotopic (exact) mass is 415 g/mol. The first-order valence-corrected chi connectivity index (χ1v) is 9.29. The Labute approximate surface area is 157 Å². The fraction of sp³-hybridized carbons (Fsp3) is 0. The topological polar surface area (TPSA) is 60.2 Å². The van der Waals surface area contributed by atoms with Crippen molar-refractivity contribution >= 4 is 21.6 Å². The van der Waals surface area contributed by atoms with E-state index in [9.17, 15) is 26.0 Å². The molecule has 0 saturated heterocycles. The number of benzene rings is 3. The van der Waals surface area contributed by atoms with Gasteiger partial charge in [0.25, 0.3) is 0 Å². The van der Waals surface area contributed by atoms with Gasteiger partial charge in [-0.1, -0.05) is 35.9 Å². The molecule has 0 saturated carbocycles. The summed E-state index contributed by atoms with van der Waals surface area (Å²) in [6.45, 7) is 0. The first-order chi connectivity index (χ1) is 12.6. The summed E-state index contributed by atoms with van der Waals surface area (Å²) in [6, 6.07) is 9.73. The molecule has 0 heterocycles. The summed E-state index contributed by atoms with van der Waals surface area (Å²) in [6.07, 6.45) is 0. The zero-order valence-electron chi connectivity index (χ0n) is 13.3. The van der Waals surface area contributed by atoms with Crippen molar-refractivity contribution in [1.29, 1.82) is 0 Å². The molecule has 27 heavy (non-hydrogen) atoms. The molecule has 0 unspecified atom stereocenters. The van der Waals surface area contributed by atoms with Gasteiger partial charge >= 0.3 is 0 Å². The number of rotatable bonds is 3. The summed E-state index contributed by atoms with van der Waals surface area (Å²) in [5.41, 5.74) is -1.09. The summed E-state index contributed by atoms with van der Waals surface area (Å²) in [4.78, 5) is -0.275. The zero-order chi connectivity index (χ0) is 19.9. The highest BCUT2D eigenvalue weighted by molar-refractivity contribution is 7.89. The molecule has 0 radical (unpaired) electrons. The maximum absolute atomic E-state index is 14.5. The van der Waals surface area contributed by atoms with E-state index in [0.29, 0.717) is 5.02 Å². The van der Waals surface area contributed by atoms with Gasteiger partial charge in [-0.2, -0.15) is 0 Å². The third-order valence-corrected chi connectivity index (χ3v) is 5.05. The number of hydrogen-bond acceptors (Lipinski definition) is 2. The van der Waals surface area contributed by atoms with E-state index in [-0.39, 0.29) is 16.0 Å². The van der Waals surface area contributed by atoms with Crippen molar-refractivity contribution in [2.75, 3.05) is 0 Å². The van der Waals surface area contributed by atoms with Crippen LogP contribution in [0.4, 0.5) is 17.6 Å². The number of primary sulfonamides is 1. The van der Waals surface area contributed by atoms with Crippen molar-refractivity contribution in [3.05, 3.63) is 76.8 Å². The van der Waals surface area contributed by atoms with Crippen LogP contribution in [0.3, 0.4) is 0 Å². The second kappa shape index (κ2) is 6.95. The molecule has 0 bridgehead atoms. The summed E-state index contributed by atoms with van der Waals surface area (Å²) in [7, 11) is -4.02. The van der Waals surface area contributed by atoms with E-state index in [2.05, 4.69) is 0 Å². The molecule has 2 N–H and O–H groups in total. The Morgan fingerprint density at radius 1 is 0.667 bits per heavy atom. The van der Waals surface area contributed by atoms with Crippen molar-refractivity contribution in [3.8, 4) is 22.3 Å². The zero-order valence-corrected chi connectivity index (χ0v) is 14.9. The van der Waals surface area contributed by atoms with Gasteiger partial charge in [-0.05, 0) is 35.4 Å². The van der Waals surface area contributed by atoms with Crippen LogP contribution in [0.25, 0.3) is 22.3 Å². The van der Waals surface area contributed by atoms with Crippen LogP contribution < -0.4 is 5.14 Å². The van der Waals surface area contributed by atoms with Crippen LogP contribution in [0.1, 0.15) is 0 Å². The Morgan fingerprint density at radius 2 is 1.04 bits per heavy atom. The minimum Gasteiger partial charge on any atom is -0.225 e. The SMILES string of the molecule is NS(=O)(=O)c1ccc(-c2c(F)c(F)c(F)c(F)c2-c2ccc(Cl)cc2)cc1. The lowest BCUT2D eigenvalue weighted by molar-refractivity contribution is 0.412. The highest BCUT2D eigenvalue weighted by Gasteiger charge is 2.27. The Hall–Kier alpha value is -2.42. The van der Waals surface area contributed by atoms with Crippen LogP contribution in [0.15, 0.2) is 53.4 Å². The van der Waals surface area contributed by atoms with E-state index in [0.717, 1.165) is 24.3 Å².